The number of rotatable bonds is 3. The average molecular weight is 312 g/mol. The Labute approximate surface area is 128 Å². The van der Waals surface area contributed by atoms with Crippen molar-refractivity contribution in [3.05, 3.63) is 28.5 Å². The molecule has 1 aliphatic heterocycles. The number of carbonyl (C=O) groups is 2. The molecular formula is C14H18ClN3O3. The number of likely N-dealkylation sites (N-methyl/N-ethyl adjacent to an activating group) is 1. The zero-order valence-corrected chi connectivity index (χ0v) is 12.8. The first-order chi connectivity index (χ1) is 10.1. The van der Waals surface area contributed by atoms with Crippen LogP contribution in [0.4, 0.5) is 0 Å². The summed E-state index contributed by atoms with van der Waals surface area (Å²) < 4.78 is 5.30. The van der Waals surface area contributed by atoms with E-state index >= 15 is 0 Å². The van der Waals surface area contributed by atoms with Crippen molar-refractivity contribution in [1.29, 1.82) is 0 Å². The van der Waals surface area contributed by atoms with Crippen LogP contribution in [0.15, 0.2) is 12.1 Å². The lowest BCUT2D eigenvalue weighted by Gasteiger charge is -2.34. The van der Waals surface area contributed by atoms with Crippen LogP contribution in [0, 0.1) is 0 Å². The van der Waals surface area contributed by atoms with E-state index in [0.29, 0.717) is 25.1 Å². The van der Waals surface area contributed by atoms with Crippen molar-refractivity contribution in [2.45, 2.75) is 19.4 Å². The number of amides is 2. The number of morpholine rings is 1. The SMILES string of the molecule is CCc1cc(C(=O)N2CCOCC2C(=O)NC)cc(Cl)n1. The van der Waals surface area contributed by atoms with Crippen LogP contribution in [0.3, 0.4) is 0 Å². The number of carbonyl (C=O) groups excluding carboxylic acids is 2. The van der Waals surface area contributed by atoms with Crippen LogP contribution in [0.25, 0.3) is 0 Å². The van der Waals surface area contributed by atoms with Gasteiger partial charge >= 0.3 is 0 Å². The van der Waals surface area contributed by atoms with Gasteiger partial charge in [0, 0.05) is 24.8 Å². The predicted octanol–water partition coefficient (Wildman–Crippen LogP) is 0.884. The Morgan fingerprint density at radius 1 is 1.52 bits per heavy atom. The van der Waals surface area contributed by atoms with Crippen molar-refractivity contribution in [1.82, 2.24) is 15.2 Å². The molecule has 0 spiro atoms. The molecule has 0 bridgehead atoms. The van der Waals surface area contributed by atoms with Crippen molar-refractivity contribution < 1.29 is 14.3 Å². The monoisotopic (exact) mass is 311 g/mol. The van der Waals surface area contributed by atoms with Gasteiger partial charge in [0.2, 0.25) is 5.91 Å². The molecular weight excluding hydrogens is 294 g/mol. The van der Waals surface area contributed by atoms with Crippen LogP contribution in [-0.4, -0.2) is 54.5 Å². The number of aryl methyl sites for hydroxylation is 1. The summed E-state index contributed by atoms with van der Waals surface area (Å²) in [7, 11) is 1.54. The van der Waals surface area contributed by atoms with Crippen molar-refractivity contribution in [3.63, 3.8) is 0 Å². The van der Waals surface area contributed by atoms with E-state index in [0.717, 1.165) is 5.69 Å². The Bertz CT molecular complexity index is 550. The number of hydrogen-bond donors (Lipinski definition) is 1. The molecule has 0 aromatic carbocycles. The Hall–Kier alpha value is -1.66. The van der Waals surface area contributed by atoms with Gasteiger partial charge in [-0.1, -0.05) is 18.5 Å². The van der Waals surface area contributed by atoms with Crippen molar-refractivity contribution >= 4 is 23.4 Å². The molecule has 1 fully saturated rings. The Balaban J connectivity index is 2.28. The molecule has 0 aliphatic carbocycles. The van der Waals surface area contributed by atoms with E-state index in [4.69, 9.17) is 16.3 Å². The second-order valence-corrected chi connectivity index (χ2v) is 5.11. The van der Waals surface area contributed by atoms with Crippen LogP contribution in [-0.2, 0) is 16.0 Å². The molecule has 1 N–H and O–H groups in total. The highest BCUT2D eigenvalue weighted by Gasteiger charge is 2.33. The number of hydrogen-bond acceptors (Lipinski definition) is 4. The maximum Gasteiger partial charge on any atom is 0.254 e. The van der Waals surface area contributed by atoms with E-state index in [1.165, 1.54) is 18.0 Å². The number of nitrogens with zero attached hydrogens (tertiary/aromatic N) is 2. The third kappa shape index (κ3) is 3.51. The molecule has 2 rings (SSSR count). The topological polar surface area (TPSA) is 71.5 Å². The fraction of sp³-hybridized carbons (Fsp3) is 0.500. The predicted molar refractivity (Wildman–Crippen MR) is 78.3 cm³/mol. The summed E-state index contributed by atoms with van der Waals surface area (Å²) in [5.41, 5.74) is 1.19. The Morgan fingerprint density at radius 3 is 2.95 bits per heavy atom. The van der Waals surface area contributed by atoms with Gasteiger partial charge in [0.15, 0.2) is 0 Å². The second kappa shape index (κ2) is 6.87. The zero-order chi connectivity index (χ0) is 15.4. The van der Waals surface area contributed by atoms with Gasteiger partial charge in [-0.25, -0.2) is 4.98 Å². The van der Waals surface area contributed by atoms with Crippen molar-refractivity contribution in [2.24, 2.45) is 0 Å². The third-order valence-electron chi connectivity index (χ3n) is 3.39. The molecule has 0 saturated carbocycles. The van der Waals surface area contributed by atoms with E-state index in [1.54, 1.807) is 6.07 Å². The van der Waals surface area contributed by atoms with Gasteiger partial charge in [0.1, 0.15) is 11.2 Å². The van der Waals surface area contributed by atoms with E-state index in [1.807, 2.05) is 6.92 Å². The van der Waals surface area contributed by atoms with Crippen LogP contribution in [0.2, 0.25) is 5.15 Å². The number of pyridine rings is 1. The molecule has 0 radical (unpaired) electrons. The molecule has 1 aliphatic rings. The highest BCUT2D eigenvalue weighted by molar-refractivity contribution is 6.29. The van der Waals surface area contributed by atoms with Gasteiger partial charge in [0.25, 0.3) is 5.91 Å². The maximum atomic E-state index is 12.7. The second-order valence-electron chi connectivity index (χ2n) is 4.73. The smallest absolute Gasteiger partial charge is 0.254 e. The molecule has 2 heterocycles. The van der Waals surface area contributed by atoms with Gasteiger partial charge in [-0.05, 0) is 18.6 Å². The summed E-state index contributed by atoms with van der Waals surface area (Å²) in [6, 6.07) is 2.62. The first-order valence-electron chi connectivity index (χ1n) is 6.83. The third-order valence-corrected chi connectivity index (χ3v) is 3.59. The summed E-state index contributed by atoms with van der Waals surface area (Å²) in [5.74, 6) is -0.468. The van der Waals surface area contributed by atoms with Crippen molar-refractivity contribution in [3.8, 4) is 0 Å². The normalized spacial score (nSPS) is 18.4. The van der Waals surface area contributed by atoms with E-state index < -0.39 is 6.04 Å². The lowest BCUT2D eigenvalue weighted by molar-refractivity contribution is -0.130. The number of halogens is 1. The quantitative estimate of drug-likeness (QED) is 0.841. The summed E-state index contributed by atoms with van der Waals surface area (Å²) >= 11 is 5.95. The molecule has 7 heteroatoms. The summed E-state index contributed by atoms with van der Waals surface area (Å²) in [5, 5.41) is 2.83. The van der Waals surface area contributed by atoms with Gasteiger partial charge in [-0.2, -0.15) is 0 Å². The molecule has 1 unspecified atom stereocenters. The largest absolute Gasteiger partial charge is 0.377 e. The minimum atomic E-state index is -0.617. The van der Waals surface area contributed by atoms with Crippen LogP contribution in [0.1, 0.15) is 23.0 Å². The summed E-state index contributed by atoms with van der Waals surface area (Å²) in [6.45, 7) is 2.93. The van der Waals surface area contributed by atoms with Gasteiger partial charge in [-0.15, -0.1) is 0 Å². The molecule has 6 nitrogen and oxygen atoms in total. The minimum Gasteiger partial charge on any atom is -0.377 e. The molecule has 1 aromatic rings. The van der Waals surface area contributed by atoms with Crippen LogP contribution in [0.5, 0.6) is 0 Å². The fourth-order valence-electron chi connectivity index (χ4n) is 2.25. The zero-order valence-electron chi connectivity index (χ0n) is 12.1. The lowest BCUT2D eigenvalue weighted by Crippen LogP contribution is -2.55. The summed E-state index contributed by atoms with van der Waals surface area (Å²) in [6.07, 6.45) is 0.683. The van der Waals surface area contributed by atoms with E-state index in [-0.39, 0.29) is 23.6 Å². The number of aromatic nitrogens is 1. The van der Waals surface area contributed by atoms with E-state index in [2.05, 4.69) is 10.3 Å². The van der Waals surface area contributed by atoms with Crippen molar-refractivity contribution in [2.75, 3.05) is 26.8 Å². The Kier molecular flexibility index (Phi) is 5.14. The molecule has 21 heavy (non-hydrogen) atoms. The maximum absolute atomic E-state index is 12.7. The van der Waals surface area contributed by atoms with Gasteiger partial charge < -0.3 is 15.0 Å². The van der Waals surface area contributed by atoms with Crippen LogP contribution < -0.4 is 5.32 Å². The lowest BCUT2D eigenvalue weighted by atomic mass is 10.1. The van der Waals surface area contributed by atoms with Crippen LogP contribution >= 0.6 is 11.6 Å². The Morgan fingerprint density at radius 2 is 2.29 bits per heavy atom. The molecule has 114 valence electrons. The average Bonchev–Trinajstić information content (AvgIpc) is 2.52. The highest BCUT2D eigenvalue weighted by atomic mass is 35.5. The molecule has 2 amide bonds. The van der Waals surface area contributed by atoms with Gasteiger partial charge in [0.05, 0.1) is 13.2 Å². The first kappa shape index (κ1) is 15.7. The number of ether oxygens (including phenoxy) is 1. The molecule has 1 saturated heterocycles. The highest BCUT2D eigenvalue weighted by Crippen LogP contribution is 2.17. The summed E-state index contributed by atoms with van der Waals surface area (Å²) in [4.78, 5) is 30.2. The first-order valence-corrected chi connectivity index (χ1v) is 7.21. The fourth-order valence-corrected chi connectivity index (χ4v) is 2.48. The van der Waals surface area contributed by atoms with E-state index in [9.17, 15) is 9.59 Å². The van der Waals surface area contributed by atoms with Gasteiger partial charge in [-0.3, -0.25) is 9.59 Å². The molecule has 1 aromatic heterocycles. The molecule has 1 atom stereocenters. The minimum absolute atomic E-state index is 0.199. The standard InChI is InChI=1S/C14H18ClN3O3/c1-3-10-6-9(7-12(15)17-10)14(20)18-4-5-21-8-11(18)13(19)16-2/h6-7,11H,3-5,8H2,1-2H3,(H,16,19). The number of nitrogens with one attached hydrogen (secondary N) is 1.